The second kappa shape index (κ2) is 5.39. The van der Waals surface area contributed by atoms with Gasteiger partial charge < -0.3 is 10.3 Å². The molecule has 1 saturated heterocycles. The minimum absolute atomic E-state index is 0.0486. The van der Waals surface area contributed by atoms with E-state index >= 15 is 0 Å². The van der Waals surface area contributed by atoms with Gasteiger partial charge in [-0.25, -0.2) is 4.98 Å². The van der Waals surface area contributed by atoms with Gasteiger partial charge in [-0.05, 0) is 18.1 Å². The van der Waals surface area contributed by atoms with E-state index in [1.807, 2.05) is 11.8 Å². The summed E-state index contributed by atoms with van der Waals surface area (Å²) in [5.41, 5.74) is 7.62. The summed E-state index contributed by atoms with van der Waals surface area (Å²) < 4.78 is 2.25. The SMILES string of the molecule is CC(C)Cn1c(C(C)(C)C)nc(C2CCSC2)c1N. The van der Waals surface area contributed by atoms with Crippen molar-refractivity contribution in [3.8, 4) is 0 Å². The van der Waals surface area contributed by atoms with Gasteiger partial charge in [0.05, 0.1) is 5.69 Å². The first-order valence-electron chi connectivity index (χ1n) is 7.24. The zero-order valence-corrected chi connectivity index (χ0v) is 13.7. The maximum absolute atomic E-state index is 6.42. The lowest BCUT2D eigenvalue weighted by atomic mass is 9.95. The van der Waals surface area contributed by atoms with E-state index in [2.05, 4.69) is 39.2 Å². The molecule has 0 amide bonds. The van der Waals surface area contributed by atoms with Crippen LogP contribution in [0.3, 0.4) is 0 Å². The van der Waals surface area contributed by atoms with Gasteiger partial charge in [0, 0.05) is 23.6 Å². The predicted octanol–water partition coefficient (Wildman–Crippen LogP) is 3.64. The first-order chi connectivity index (χ1) is 8.80. The summed E-state index contributed by atoms with van der Waals surface area (Å²) in [5.74, 6) is 5.61. The van der Waals surface area contributed by atoms with Gasteiger partial charge in [0.2, 0.25) is 0 Å². The molecule has 1 fully saturated rings. The van der Waals surface area contributed by atoms with Crippen LogP contribution in [0.15, 0.2) is 0 Å². The predicted molar refractivity (Wildman–Crippen MR) is 84.9 cm³/mol. The Balaban J connectivity index is 2.43. The van der Waals surface area contributed by atoms with Crippen LogP contribution >= 0.6 is 11.8 Å². The number of anilines is 1. The summed E-state index contributed by atoms with van der Waals surface area (Å²) in [6.07, 6.45) is 1.22. The first-order valence-corrected chi connectivity index (χ1v) is 8.40. The molecule has 1 atom stereocenters. The summed E-state index contributed by atoms with van der Waals surface area (Å²) in [6.45, 7) is 12.1. The normalized spacial score (nSPS) is 20.4. The van der Waals surface area contributed by atoms with Crippen molar-refractivity contribution in [2.75, 3.05) is 17.2 Å². The molecule has 0 aliphatic carbocycles. The number of hydrogen-bond acceptors (Lipinski definition) is 3. The van der Waals surface area contributed by atoms with Crippen LogP contribution in [0.5, 0.6) is 0 Å². The van der Waals surface area contributed by atoms with Crippen LogP contribution in [0.2, 0.25) is 0 Å². The van der Waals surface area contributed by atoms with E-state index in [4.69, 9.17) is 10.7 Å². The van der Waals surface area contributed by atoms with Gasteiger partial charge in [-0.1, -0.05) is 34.6 Å². The molecule has 0 aromatic carbocycles. The maximum atomic E-state index is 6.42. The van der Waals surface area contributed by atoms with Crippen molar-refractivity contribution in [3.63, 3.8) is 0 Å². The summed E-state index contributed by atoms with van der Waals surface area (Å²) in [5, 5.41) is 0. The van der Waals surface area contributed by atoms with Crippen molar-refractivity contribution in [1.29, 1.82) is 0 Å². The molecule has 1 aromatic heterocycles. The molecule has 2 heterocycles. The lowest BCUT2D eigenvalue weighted by molar-refractivity contribution is 0.454. The highest BCUT2D eigenvalue weighted by Crippen LogP contribution is 2.37. The highest BCUT2D eigenvalue weighted by Gasteiger charge is 2.29. The van der Waals surface area contributed by atoms with Crippen molar-refractivity contribution < 1.29 is 0 Å². The maximum Gasteiger partial charge on any atom is 0.127 e. The number of rotatable bonds is 3. The Hall–Kier alpha value is -0.640. The summed E-state index contributed by atoms with van der Waals surface area (Å²) in [6, 6.07) is 0. The number of aromatic nitrogens is 2. The van der Waals surface area contributed by atoms with Gasteiger partial charge in [0.15, 0.2) is 0 Å². The molecule has 1 aliphatic rings. The Morgan fingerprint density at radius 1 is 1.42 bits per heavy atom. The molecular formula is C15H27N3S. The zero-order chi connectivity index (χ0) is 14.2. The Morgan fingerprint density at radius 2 is 2.11 bits per heavy atom. The standard InChI is InChI=1S/C15H27N3S/c1-10(2)8-18-13(16)12(11-6-7-19-9-11)17-14(18)15(3,4)5/h10-11H,6-9,16H2,1-5H3. The van der Waals surface area contributed by atoms with Crippen LogP contribution in [-0.2, 0) is 12.0 Å². The summed E-state index contributed by atoms with van der Waals surface area (Å²) in [7, 11) is 0. The molecule has 0 radical (unpaired) electrons. The Kier molecular flexibility index (Phi) is 4.19. The lowest BCUT2D eigenvalue weighted by Gasteiger charge is -2.21. The third-order valence-corrected chi connectivity index (χ3v) is 4.73. The highest BCUT2D eigenvalue weighted by molar-refractivity contribution is 7.99. The average Bonchev–Trinajstić information content (AvgIpc) is 2.86. The molecular weight excluding hydrogens is 254 g/mol. The molecule has 3 nitrogen and oxygen atoms in total. The monoisotopic (exact) mass is 281 g/mol. The number of imidazole rings is 1. The molecule has 1 aliphatic heterocycles. The second-order valence-corrected chi connectivity index (χ2v) is 8.17. The van der Waals surface area contributed by atoms with Gasteiger partial charge in [0.25, 0.3) is 0 Å². The molecule has 4 heteroatoms. The number of thioether (sulfide) groups is 1. The topological polar surface area (TPSA) is 43.8 Å². The fraction of sp³-hybridized carbons (Fsp3) is 0.800. The Bertz CT molecular complexity index is 437. The molecule has 0 spiro atoms. The van der Waals surface area contributed by atoms with Gasteiger partial charge in [-0.15, -0.1) is 0 Å². The number of nitrogens with two attached hydrogens (primary N) is 1. The molecule has 0 saturated carbocycles. The van der Waals surface area contributed by atoms with E-state index < -0.39 is 0 Å². The Morgan fingerprint density at radius 3 is 2.58 bits per heavy atom. The molecule has 2 rings (SSSR count). The fourth-order valence-electron chi connectivity index (χ4n) is 2.66. The van der Waals surface area contributed by atoms with E-state index in [1.165, 1.54) is 17.9 Å². The van der Waals surface area contributed by atoms with Crippen molar-refractivity contribution in [3.05, 3.63) is 11.5 Å². The zero-order valence-electron chi connectivity index (χ0n) is 12.9. The van der Waals surface area contributed by atoms with Crippen molar-refractivity contribution in [2.24, 2.45) is 5.92 Å². The van der Waals surface area contributed by atoms with Gasteiger partial charge in [-0.3, -0.25) is 0 Å². The number of nitrogens with zero attached hydrogens (tertiary/aromatic N) is 2. The quantitative estimate of drug-likeness (QED) is 0.920. The average molecular weight is 281 g/mol. The number of hydrogen-bond donors (Lipinski definition) is 1. The van der Waals surface area contributed by atoms with Gasteiger partial charge >= 0.3 is 0 Å². The van der Waals surface area contributed by atoms with E-state index in [9.17, 15) is 0 Å². The van der Waals surface area contributed by atoms with Crippen molar-refractivity contribution in [2.45, 2.75) is 58.9 Å². The third kappa shape index (κ3) is 3.10. The van der Waals surface area contributed by atoms with Crippen LogP contribution in [0.1, 0.15) is 58.5 Å². The summed E-state index contributed by atoms with van der Waals surface area (Å²) in [4.78, 5) is 4.94. The molecule has 2 N–H and O–H groups in total. The van der Waals surface area contributed by atoms with E-state index in [-0.39, 0.29) is 5.41 Å². The summed E-state index contributed by atoms with van der Waals surface area (Å²) >= 11 is 2.02. The first kappa shape index (κ1) is 14.8. The van der Waals surface area contributed by atoms with E-state index in [0.717, 1.165) is 23.9 Å². The molecule has 0 bridgehead atoms. The smallest absolute Gasteiger partial charge is 0.127 e. The van der Waals surface area contributed by atoms with Gasteiger partial charge in [-0.2, -0.15) is 11.8 Å². The minimum Gasteiger partial charge on any atom is -0.384 e. The molecule has 1 aromatic rings. The molecule has 108 valence electrons. The Labute approximate surface area is 121 Å². The minimum atomic E-state index is 0.0486. The van der Waals surface area contributed by atoms with E-state index in [1.54, 1.807) is 0 Å². The largest absolute Gasteiger partial charge is 0.384 e. The lowest BCUT2D eigenvalue weighted by Crippen LogP contribution is -2.21. The van der Waals surface area contributed by atoms with Gasteiger partial charge in [0.1, 0.15) is 11.6 Å². The van der Waals surface area contributed by atoms with Crippen LogP contribution in [-0.4, -0.2) is 21.1 Å². The highest BCUT2D eigenvalue weighted by atomic mass is 32.2. The van der Waals surface area contributed by atoms with Crippen LogP contribution in [0.25, 0.3) is 0 Å². The van der Waals surface area contributed by atoms with E-state index in [0.29, 0.717) is 11.8 Å². The second-order valence-electron chi connectivity index (χ2n) is 7.02. The van der Waals surface area contributed by atoms with Crippen LogP contribution < -0.4 is 5.73 Å². The number of nitrogen functional groups attached to an aromatic ring is 1. The molecule has 1 unspecified atom stereocenters. The van der Waals surface area contributed by atoms with Crippen molar-refractivity contribution >= 4 is 17.6 Å². The van der Waals surface area contributed by atoms with Crippen molar-refractivity contribution in [1.82, 2.24) is 9.55 Å². The molecule has 19 heavy (non-hydrogen) atoms. The van der Waals surface area contributed by atoms with Crippen LogP contribution in [0, 0.1) is 5.92 Å². The van der Waals surface area contributed by atoms with Crippen LogP contribution in [0.4, 0.5) is 5.82 Å². The fourth-order valence-corrected chi connectivity index (χ4v) is 3.88. The third-order valence-electron chi connectivity index (χ3n) is 3.57.